The predicted octanol–water partition coefficient (Wildman–Crippen LogP) is 1.57. The van der Waals surface area contributed by atoms with Crippen molar-refractivity contribution >= 4 is 23.5 Å². The van der Waals surface area contributed by atoms with Crippen LogP contribution < -0.4 is 9.64 Å². The maximum Gasteiger partial charge on any atom is 0.326 e. The summed E-state index contributed by atoms with van der Waals surface area (Å²) < 4.78 is 5.73. The molecule has 0 bridgehead atoms. The zero-order chi connectivity index (χ0) is 18.1. The number of ether oxygens (including phenoxy) is 1. The first-order valence-electron chi connectivity index (χ1n) is 8.53. The highest BCUT2D eigenvalue weighted by molar-refractivity contribution is 6.04. The quantitative estimate of drug-likeness (QED) is 0.894. The van der Waals surface area contributed by atoms with Crippen LogP contribution in [0.3, 0.4) is 0 Å². The fourth-order valence-corrected chi connectivity index (χ4v) is 3.40. The van der Waals surface area contributed by atoms with Crippen molar-refractivity contribution in [2.75, 3.05) is 18.0 Å². The summed E-state index contributed by atoms with van der Waals surface area (Å²) in [6, 6.07) is 4.70. The minimum atomic E-state index is -0.998. The number of anilines is 1. The minimum absolute atomic E-state index is 0.168. The van der Waals surface area contributed by atoms with E-state index in [0.717, 1.165) is 5.56 Å². The minimum Gasteiger partial charge on any atom is -0.480 e. The van der Waals surface area contributed by atoms with Crippen LogP contribution in [0, 0.1) is 6.92 Å². The second-order valence-corrected chi connectivity index (χ2v) is 6.49. The molecule has 1 aromatic rings. The van der Waals surface area contributed by atoms with Gasteiger partial charge in [-0.15, -0.1) is 0 Å². The van der Waals surface area contributed by atoms with Crippen molar-refractivity contribution in [3.8, 4) is 5.75 Å². The number of fused-ring (bicyclic) bond motifs is 1. The summed E-state index contributed by atoms with van der Waals surface area (Å²) >= 11 is 0. The predicted molar refractivity (Wildman–Crippen MR) is 90.6 cm³/mol. The van der Waals surface area contributed by atoms with Crippen molar-refractivity contribution < 1.29 is 24.2 Å². The number of amides is 2. The molecule has 3 rings (SSSR count). The van der Waals surface area contributed by atoms with Gasteiger partial charge in [-0.1, -0.05) is 13.0 Å². The summed E-state index contributed by atoms with van der Waals surface area (Å²) in [7, 11) is 0. The molecule has 25 heavy (non-hydrogen) atoms. The Morgan fingerprint density at radius 1 is 1.36 bits per heavy atom. The normalized spacial score (nSPS) is 22.6. The summed E-state index contributed by atoms with van der Waals surface area (Å²) in [6.07, 6.45) is 0.980. The van der Waals surface area contributed by atoms with Crippen LogP contribution in [0.5, 0.6) is 5.75 Å². The largest absolute Gasteiger partial charge is 0.480 e. The lowest BCUT2D eigenvalue weighted by atomic mass is 10.1. The molecule has 7 nitrogen and oxygen atoms in total. The van der Waals surface area contributed by atoms with Crippen LogP contribution >= 0.6 is 0 Å². The third-order valence-electron chi connectivity index (χ3n) is 4.74. The molecule has 2 aliphatic rings. The van der Waals surface area contributed by atoms with Crippen molar-refractivity contribution in [1.29, 1.82) is 0 Å². The molecule has 134 valence electrons. The highest BCUT2D eigenvalue weighted by Gasteiger charge is 2.38. The number of carboxylic acid groups (broad SMARTS) is 1. The molecule has 1 saturated heterocycles. The SMILES string of the molecule is CCC1Oc2ccc(C)cc2N(CC(=O)N2CCCC2C(=O)O)C1=O. The average molecular weight is 346 g/mol. The molecule has 2 amide bonds. The third-order valence-corrected chi connectivity index (χ3v) is 4.74. The Kier molecular flexibility index (Phi) is 4.65. The maximum absolute atomic E-state index is 12.7. The van der Waals surface area contributed by atoms with E-state index in [4.69, 9.17) is 4.74 Å². The first-order chi connectivity index (χ1) is 11.9. The fourth-order valence-electron chi connectivity index (χ4n) is 3.40. The molecular weight excluding hydrogens is 324 g/mol. The van der Waals surface area contributed by atoms with E-state index in [-0.39, 0.29) is 18.4 Å². The van der Waals surface area contributed by atoms with E-state index in [1.165, 1.54) is 9.80 Å². The first-order valence-corrected chi connectivity index (χ1v) is 8.53. The molecule has 0 aromatic heterocycles. The van der Waals surface area contributed by atoms with Gasteiger partial charge in [-0.2, -0.15) is 0 Å². The summed E-state index contributed by atoms with van der Waals surface area (Å²) in [6.45, 7) is 3.99. The third kappa shape index (κ3) is 3.18. The smallest absolute Gasteiger partial charge is 0.326 e. The first kappa shape index (κ1) is 17.3. The number of carboxylic acids is 1. The van der Waals surface area contributed by atoms with Gasteiger partial charge in [0.15, 0.2) is 6.10 Å². The van der Waals surface area contributed by atoms with Gasteiger partial charge in [0.1, 0.15) is 18.3 Å². The summed E-state index contributed by atoms with van der Waals surface area (Å²) in [5.74, 6) is -1.04. The number of rotatable bonds is 4. The highest BCUT2D eigenvalue weighted by atomic mass is 16.5. The Morgan fingerprint density at radius 3 is 2.80 bits per heavy atom. The molecule has 2 atom stereocenters. The number of nitrogens with zero attached hydrogens (tertiary/aromatic N) is 2. The Hall–Kier alpha value is -2.57. The average Bonchev–Trinajstić information content (AvgIpc) is 3.07. The van der Waals surface area contributed by atoms with Crippen molar-refractivity contribution in [3.05, 3.63) is 23.8 Å². The number of carbonyl (C=O) groups is 3. The number of hydrogen-bond donors (Lipinski definition) is 1. The van der Waals surface area contributed by atoms with Crippen molar-refractivity contribution in [3.63, 3.8) is 0 Å². The van der Waals surface area contributed by atoms with Crippen LogP contribution in [0.1, 0.15) is 31.7 Å². The van der Waals surface area contributed by atoms with Gasteiger partial charge in [0.05, 0.1) is 5.69 Å². The lowest BCUT2D eigenvalue weighted by Gasteiger charge is -2.35. The molecule has 1 N–H and O–H groups in total. The van der Waals surface area contributed by atoms with Gasteiger partial charge in [0.2, 0.25) is 5.91 Å². The maximum atomic E-state index is 12.7. The van der Waals surface area contributed by atoms with E-state index in [2.05, 4.69) is 0 Å². The standard InChI is InChI=1S/C18H22N2O5/c1-3-14-17(22)20(13-9-11(2)6-7-15(13)25-14)10-16(21)19-8-4-5-12(19)18(23)24/h6-7,9,12,14H,3-5,8,10H2,1-2H3,(H,23,24). The van der Waals surface area contributed by atoms with Gasteiger partial charge < -0.3 is 14.7 Å². The topological polar surface area (TPSA) is 87.2 Å². The van der Waals surface area contributed by atoms with Crippen LogP contribution in [0.2, 0.25) is 0 Å². The zero-order valence-corrected chi connectivity index (χ0v) is 14.4. The van der Waals surface area contributed by atoms with Crippen molar-refractivity contribution in [1.82, 2.24) is 4.90 Å². The molecule has 2 heterocycles. The molecule has 1 fully saturated rings. The lowest BCUT2D eigenvalue weighted by Crippen LogP contribution is -2.51. The van der Waals surface area contributed by atoms with Crippen LogP contribution in [-0.4, -0.2) is 53.0 Å². The summed E-state index contributed by atoms with van der Waals surface area (Å²) in [5, 5.41) is 9.27. The van der Waals surface area contributed by atoms with E-state index in [1.807, 2.05) is 26.0 Å². The van der Waals surface area contributed by atoms with Crippen molar-refractivity contribution in [2.24, 2.45) is 0 Å². The number of aliphatic carboxylic acids is 1. The number of benzene rings is 1. The highest BCUT2D eigenvalue weighted by Crippen LogP contribution is 2.35. The Bertz CT molecular complexity index is 717. The van der Waals surface area contributed by atoms with E-state index >= 15 is 0 Å². The van der Waals surface area contributed by atoms with Crippen LogP contribution in [0.4, 0.5) is 5.69 Å². The molecule has 1 aromatic carbocycles. The summed E-state index contributed by atoms with van der Waals surface area (Å²) in [4.78, 5) is 39.5. The fraction of sp³-hybridized carbons (Fsp3) is 0.500. The second kappa shape index (κ2) is 6.74. The molecule has 0 saturated carbocycles. The van der Waals surface area contributed by atoms with Crippen molar-refractivity contribution in [2.45, 2.75) is 45.3 Å². The lowest BCUT2D eigenvalue weighted by molar-refractivity contribution is -0.147. The van der Waals surface area contributed by atoms with E-state index in [9.17, 15) is 19.5 Å². The van der Waals surface area contributed by atoms with Gasteiger partial charge in [-0.3, -0.25) is 14.5 Å². The molecule has 0 aliphatic carbocycles. The molecule has 2 unspecified atom stereocenters. The number of likely N-dealkylation sites (tertiary alicyclic amines) is 1. The summed E-state index contributed by atoms with van der Waals surface area (Å²) in [5.41, 5.74) is 1.52. The van der Waals surface area contributed by atoms with E-state index < -0.39 is 18.1 Å². The monoisotopic (exact) mass is 346 g/mol. The number of hydrogen-bond acceptors (Lipinski definition) is 4. The van der Waals surface area contributed by atoms with Gasteiger partial charge in [-0.25, -0.2) is 4.79 Å². The molecular formula is C18H22N2O5. The van der Waals surface area contributed by atoms with Crippen LogP contribution in [-0.2, 0) is 14.4 Å². The van der Waals surface area contributed by atoms with E-state index in [0.29, 0.717) is 37.2 Å². The second-order valence-electron chi connectivity index (χ2n) is 6.49. The van der Waals surface area contributed by atoms with Gasteiger partial charge in [0.25, 0.3) is 5.91 Å². The Morgan fingerprint density at radius 2 is 2.12 bits per heavy atom. The van der Waals surface area contributed by atoms with Crippen LogP contribution in [0.15, 0.2) is 18.2 Å². The molecule has 0 radical (unpaired) electrons. The zero-order valence-electron chi connectivity index (χ0n) is 14.4. The number of carbonyl (C=O) groups excluding carboxylic acids is 2. The molecule has 7 heteroatoms. The Balaban J connectivity index is 1.87. The van der Waals surface area contributed by atoms with Crippen LogP contribution in [0.25, 0.3) is 0 Å². The molecule has 2 aliphatic heterocycles. The Labute approximate surface area is 146 Å². The van der Waals surface area contributed by atoms with Gasteiger partial charge in [0, 0.05) is 6.54 Å². The number of aryl methyl sites for hydroxylation is 1. The molecule has 0 spiro atoms. The van der Waals surface area contributed by atoms with Gasteiger partial charge in [-0.05, 0) is 43.9 Å². The van der Waals surface area contributed by atoms with Gasteiger partial charge >= 0.3 is 5.97 Å². The van der Waals surface area contributed by atoms with E-state index in [1.54, 1.807) is 6.07 Å².